The lowest BCUT2D eigenvalue weighted by molar-refractivity contribution is 0.621. The van der Waals surface area contributed by atoms with Crippen molar-refractivity contribution in [3.63, 3.8) is 0 Å². The minimum Gasteiger partial charge on any atom is -0.307 e. The summed E-state index contributed by atoms with van der Waals surface area (Å²) in [6.45, 7) is 6.07. The number of terminal acetylenes is 1. The third kappa shape index (κ3) is 12.7. The molecule has 6 aromatic rings. The van der Waals surface area contributed by atoms with E-state index in [-0.39, 0.29) is 7.43 Å². The molecule has 6 rings (SSSR count). The van der Waals surface area contributed by atoms with Crippen LogP contribution in [0, 0.1) is 24.2 Å². The molecule has 50 heavy (non-hydrogen) atoms. The second kappa shape index (κ2) is 22.5. The molecule has 0 aliphatic carbocycles. The number of benzene rings is 6. The van der Waals surface area contributed by atoms with Gasteiger partial charge in [-0.1, -0.05) is 175 Å². The molecular weight excluding hydrogens is 672 g/mol. The molecule has 0 spiro atoms. The summed E-state index contributed by atoms with van der Waals surface area (Å²) in [5.41, 5.74) is 4.66. The molecule has 0 amide bonds. The van der Waals surface area contributed by atoms with Crippen LogP contribution in [0.2, 0.25) is 0 Å². The number of fused-ring (bicyclic) bond motifs is 2. The molecule has 0 fully saturated rings. The van der Waals surface area contributed by atoms with E-state index in [2.05, 4.69) is 155 Å². The van der Waals surface area contributed by atoms with E-state index in [9.17, 15) is 0 Å². The van der Waals surface area contributed by atoms with Crippen molar-refractivity contribution in [1.29, 1.82) is 0 Å². The van der Waals surface area contributed by atoms with E-state index in [1.165, 1.54) is 32.7 Å². The fraction of sp³-hybridized carbons (Fsp3) is 0.149. The maximum Gasteiger partial charge on any atom is 0.0300 e. The average molecular weight is 720 g/mol. The maximum absolute atomic E-state index is 5.10. The highest BCUT2D eigenvalue weighted by Gasteiger charge is 2.08. The van der Waals surface area contributed by atoms with Crippen LogP contribution in [-0.2, 0) is 0 Å². The smallest absolute Gasteiger partial charge is 0.0300 e. The Balaban J connectivity index is 0.000000226. The van der Waals surface area contributed by atoms with E-state index in [1.54, 1.807) is 0 Å². The predicted octanol–water partition coefficient (Wildman–Crippen LogP) is 11.8. The molecule has 6 aromatic carbocycles. The van der Waals surface area contributed by atoms with E-state index in [0.29, 0.717) is 12.1 Å². The van der Waals surface area contributed by atoms with E-state index in [0.717, 1.165) is 24.2 Å². The largest absolute Gasteiger partial charge is 0.307 e. The highest BCUT2D eigenvalue weighted by molar-refractivity contribution is 9.11. The number of hydrogen-bond acceptors (Lipinski definition) is 2. The van der Waals surface area contributed by atoms with Gasteiger partial charge in [-0.2, -0.15) is 0 Å². The Hall–Kier alpha value is -5.16. The molecule has 0 bridgehead atoms. The summed E-state index contributed by atoms with van der Waals surface area (Å²) in [7, 11) is 0. The SMILES string of the molecule is C.C#Cc1ccccc1.C[C@@H](NC/C=C/Br)c1cccc2ccccc12.C[C@@H](NC/C=C/C#Cc1ccccc1)c1cccc2ccccc12. The fourth-order valence-corrected chi connectivity index (χ4v) is 5.50. The van der Waals surface area contributed by atoms with Crippen LogP contribution in [0.25, 0.3) is 21.5 Å². The van der Waals surface area contributed by atoms with Gasteiger partial charge in [-0.05, 0) is 81.8 Å². The first-order valence-corrected chi connectivity index (χ1v) is 17.4. The zero-order valence-electron chi connectivity index (χ0n) is 28.2. The van der Waals surface area contributed by atoms with E-state index in [4.69, 9.17) is 6.42 Å². The zero-order chi connectivity index (χ0) is 34.5. The van der Waals surface area contributed by atoms with Gasteiger partial charge in [0.05, 0.1) is 0 Å². The van der Waals surface area contributed by atoms with Crippen LogP contribution in [-0.4, -0.2) is 13.1 Å². The average Bonchev–Trinajstić information content (AvgIpc) is 3.17. The van der Waals surface area contributed by atoms with Crippen LogP contribution in [0.15, 0.2) is 169 Å². The first-order valence-electron chi connectivity index (χ1n) is 16.5. The van der Waals surface area contributed by atoms with Crippen molar-refractivity contribution < 1.29 is 0 Å². The van der Waals surface area contributed by atoms with Crippen molar-refractivity contribution in [3.05, 3.63) is 191 Å². The van der Waals surface area contributed by atoms with Gasteiger partial charge in [-0.25, -0.2) is 0 Å². The molecule has 0 heterocycles. The van der Waals surface area contributed by atoms with Crippen molar-refractivity contribution in [2.45, 2.75) is 33.4 Å². The van der Waals surface area contributed by atoms with Crippen LogP contribution >= 0.6 is 15.9 Å². The standard InChI is InChI=1S/C23H21N.C15H16BrN.C8H6.CH4/c1-19(22-17-10-15-21-14-7-8-16-23(21)22)24-18-9-3-6-13-20-11-4-2-5-12-20;1-12(17-11-5-10-16)14-9-4-7-13-6-2-3-8-15(13)14;1-2-8-6-4-3-5-7-8;/h2-5,7-12,14-17,19,24H,18H2,1H3;2-10,12,17H,11H2,1H3;1,3-7H;1H4/b9-3+;10-5+;;/t19-;12-;;/m11../s1. The van der Waals surface area contributed by atoms with Gasteiger partial charge in [0.25, 0.3) is 0 Å². The van der Waals surface area contributed by atoms with Crippen molar-refractivity contribution >= 4 is 37.5 Å². The summed E-state index contributed by atoms with van der Waals surface area (Å²) < 4.78 is 0. The fourth-order valence-electron chi connectivity index (χ4n) is 5.31. The number of nitrogens with one attached hydrogen (secondary N) is 2. The molecule has 2 nitrogen and oxygen atoms in total. The molecular formula is C47H47BrN2. The van der Waals surface area contributed by atoms with Crippen LogP contribution < -0.4 is 10.6 Å². The second-order valence-electron chi connectivity index (χ2n) is 11.3. The molecule has 3 heteroatoms. The van der Waals surface area contributed by atoms with Gasteiger partial charge in [0.2, 0.25) is 0 Å². The first kappa shape index (κ1) is 39.3. The van der Waals surface area contributed by atoms with Crippen molar-refractivity contribution in [3.8, 4) is 24.2 Å². The number of hydrogen-bond donors (Lipinski definition) is 2. The molecule has 0 unspecified atom stereocenters. The minimum atomic E-state index is 0. The Morgan fingerprint density at radius 3 is 1.50 bits per heavy atom. The van der Waals surface area contributed by atoms with E-state index >= 15 is 0 Å². The van der Waals surface area contributed by atoms with E-state index < -0.39 is 0 Å². The molecule has 0 aliphatic rings. The lowest BCUT2D eigenvalue weighted by Gasteiger charge is -2.15. The van der Waals surface area contributed by atoms with E-state index in [1.807, 2.05) is 71.7 Å². The topological polar surface area (TPSA) is 24.1 Å². The molecule has 0 radical (unpaired) electrons. The number of allylic oxidation sites excluding steroid dienone is 1. The Bertz CT molecular complexity index is 2020. The summed E-state index contributed by atoms with van der Waals surface area (Å²) in [5, 5.41) is 12.2. The number of rotatable bonds is 8. The molecule has 0 saturated carbocycles. The maximum atomic E-state index is 5.10. The highest BCUT2D eigenvalue weighted by atomic mass is 79.9. The summed E-state index contributed by atoms with van der Waals surface area (Å²) in [4.78, 5) is 1.88. The van der Waals surface area contributed by atoms with Crippen molar-refractivity contribution in [2.24, 2.45) is 0 Å². The second-order valence-corrected chi connectivity index (χ2v) is 11.8. The Kier molecular flexibility index (Phi) is 17.7. The Morgan fingerprint density at radius 1 is 0.580 bits per heavy atom. The normalized spacial score (nSPS) is 11.6. The van der Waals surface area contributed by atoms with Gasteiger partial charge in [0.15, 0.2) is 0 Å². The molecule has 2 atom stereocenters. The quantitative estimate of drug-likeness (QED) is 0.153. The van der Waals surface area contributed by atoms with Crippen LogP contribution in [0.3, 0.4) is 0 Å². The highest BCUT2D eigenvalue weighted by Crippen LogP contribution is 2.25. The minimum absolute atomic E-state index is 0. The molecule has 0 aromatic heterocycles. The van der Waals surface area contributed by atoms with Gasteiger partial charge in [-0.3, -0.25) is 0 Å². The van der Waals surface area contributed by atoms with Crippen LogP contribution in [0.5, 0.6) is 0 Å². The molecule has 2 N–H and O–H groups in total. The lowest BCUT2D eigenvalue weighted by Crippen LogP contribution is -2.18. The summed E-state index contributed by atoms with van der Waals surface area (Å²) >= 11 is 3.27. The van der Waals surface area contributed by atoms with Crippen molar-refractivity contribution in [1.82, 2.24) is 10.6 Å². The number of halogens is 1. The zero-order valence-corrected chi connectivity index (χ0v) is 29.8. The van der Waals surface area contributed by atoms with Crippen LogP contribution in [0.4, 0.5) is 0 Å². The van der Waals surface area contributed by atoms with Gasteiger partial charge in [0.1, 0.15) is 0 Å². The summed E-state index contributed by atoms with van der Waals surface area (Å²) in [5.74, 6) is 8.73. The third-order valence-corrected chi connectivity index (χ3v) is 8.26. The molecule has 0 aliphatic heterocycles. The summed E-state index contributed by atoms with van der Waals surface area (Å²) in [6, 6.07) is 50.3. The lowest BCUT2D eigenvalue weighted by atomic mass is 10.00. The molecule has 0 saturated heterocycles. The third-order valence-electron chi connectivity index (χ3n) is 7.88. The first-order chi connectivity index (χ1) is 24.1. The molecule has 252 valence electrons. The van der Waals surface area contributed by atoms with Gasteiger partial charge in [0, 0.05) is 36.3 Å². The Morgan fingerprint density at radius 2 is 1.02 bits per heavy atom. The van der Waals surface area contributed by atoms with Gasteiger partial charge >= 0.3 is 0 Å². The summed E-state index contributed by atoms with van der Waals surface area (Å²) in [6.07, 6.45) is 11.1. The van der Waals surface area contributed by atoms with Gasteiger partial charge < -0.3 is 10.6 Å². The van der Waals surface area contributed by atoms with Crippen molar-refractivity contribution in [2.75, 3.05) is 13.1 Å². The predicted molar refractivity (Wildman–Crippen MR) is 222 cm³/mol. The Labute approximate surface area is 308 Å². The van der Waals surface area contributed by atoms with Crippen LogP contribution in [0.1, 0.15) is 55.6 Å². The van der Waals surface area contributed by atoms with Gasteiger partial charge in [-0.15, -0.1) is 6.42 Å². The monoisotopic (exact) mass is 718 g/mol.